The van der Waals surface area contributed by atoms with Crippen LogP contribution in [0.25, 0.3) is 10.6 Å². The van der Waals surface area contributed by atoms with Crippen LogP contribution in [-0.2, 0) is 16.6 Å². The number of nitrogens with zero attached hydrogens (tertiary/aromatic N) is 3. The van der Waals surface area contributed by atoms with Gasteiger partial charge in [-0.1, -0.05) is 34.4 Å². The van der Waals surface area contributed by atoms with Gasteiger partial charge < -0.3 is 4.52 Å². The number of halogens is 2. The number of benzene rings is 1. The highest BCUT2D eigenvalue weighted by Crippen LogP contribution is 2.29. The van der Waals surface area contributed by atoms with Crippen LogP contribution < -0.4 is 0 Å². The Balaban J connectivity index is 1.40. The smallest absolute Gasteiger partial charge is 0.244 e. The molecule has 0 unspecified atom stereocenters. The molecule has 1 aromatic carbocycles. The molecule has 4 rings (SSSR count). The second kappa shape index (κ2) is 8.14. The summed E-state index contributed by atoms with van der Waals surface area (Å²) in [5.41, 5.74) is 0.831. The van der Waals surface area contributed by atoms with Gasteiger partial charge in [-0.25, -0.2) is 8.42 Å². The first-order valence-corrected chi connectivity index (χ1v) is 11.7. The van der Waals surface area contributed by atoms with E-state index in [1.807, 2.05) is 23.6 Å². The van der Waals surface area contributed by atoms with Crippen molar-refractivity contribution >= 4 is 44.6 Å². The average molecular weight is 458 g/mol. The van der Waals surface area contributed by atoms with Crippen LogP contribution in [0.3, 0.4) is 0 Å². The maximum Gasteiger partial charge on any atom is 0.244 e. The molecule has 1 saturated heterocycles. The summed E-state index contributed by atoms with van der Waals surface area (Å²) >= 11 is 13.6. The van der Waals surface area contributed by atoms with Crippen molar-refractivity contribution in [1.29, 1.82) is 0 Å². The third-order valence-electron chi connectivity index (χ3n) is 4.55. The third-order valence-corrected chi connectivity index (χ3v) is 8.05. The number of rotatable bonds is 5. The van der Waals surface area contributed by atoms with Gasteiger partial charge in [-0.3, -0.25) is 4.90 Å². The van der Waals surface area contributed by atoms with Crippen molar-refractivity contribution < 1.29 is 12.9 Å². The molecular weight excluding hydrogens is 441 g/mol. The van der Waals surface area contributed by atoms with Crippen molar-refractivity contribution in [3.8, 4) is 10.6 Å². The van der Waals surface area contributed by atoms with Crippen LogP contribution in [0, 0.1) is 0 Å². The van der Waals surface area contributed by atoms with Gasteiger partial charge in [0, 0.05) is 43.8 Å². The Morgan fingerprint density at radius 1 is 1.11 bits per heavy atom. The summed E-state index contributed by atoms with van der Waals surface area (Å²) < 4.78 is 32.7. The summed E-state index contributed by atoms with van der Waals surface area (Å²) in [5.74, 6) is 0.752. The normalized spacial score (nSPS) is 16.5. The minimum Gasteiger partial charge on any atom is -0.355 e. The SMILES string of the molecule is O=S(=O)(c1cc(Cl)ccc1Cl)N1CCN(Cc2cc(-c3cccs3)on2)CC1. The number of thiophene rings is 1. The molecule has 148 valence electrons. The van der Waals surface area contributed by atoms with E-state index in [1.54, 1.807) is 17.4 Å². The third kappa shape index (κ3) is 4.12. The Hall–Kier alpha value is -1.42. The molecule has 2 aromatic heterocycles. The maximum absolute atomic E-state index is 12.9. The molecule has 1 aliphatic rings. The van der Waals surface area contributed by atoms with E-state index in [0.717, 1.165) is 16.3 Å². The lowest BCUT2D eigenvalue weighted by atomic mass is 10.3. The molecule has 10 heteroatoms. The van der Waals surface area contributed by atoms with Gasteiger partial charge in [0.05, 0.1) is 15.6 Å². The summed E-state index contributed by atoms with van der Waals surface area (Å²) in [6.07, 6.45) is 0. The summed E-state index contributed by atoms with van der Waals surface area (Å²) in [4.78, 5) is 3.24. The molecule has 0 radical (unpaired) electrons. The molecule has 3 aromatic rings. The molecule has 0 spiro atoms. The highest BCUT2D eigenvalue weighted by Gasteiger charge is 2.30. The molecule has 0 N–H and O–H groups in total. The van der Waals surface area contributed by atoms with Gasteiger partial charge in [0.25, 0.3) is 0 Å². The van der Waals surface area contributed by atoms with Gasteiger partial charge in [0.1, 0.15) is 4.90 Å². The molecule has 0 atom stereocenters. The Morgan fingerprint density at radius 3 is 2.61 bits per heavy atom. The molecule has 6 nitrogen and oxygen atoms in total. The van der Waals surface area contributed by atoms with Crippen LogP contribution in [0.1, 0.15) is 5.69 Å². The van der Waals surface area contributed by atoms with Crippen LogP contribution in [0.5, 0.6) is 0 Å². The van der Waals surface area contributed by atoms with Gasteiger partial charge in [0.2, 0.25) is 10.0 Å². The molecule has 1 aliphatic heterocycles. The predicted octanol–water partition coefficient (Wildman–Crippen LogP) is 4.22. The Kier molecular flexibility index (Phi) is 5.78. The van der Waals surface area contributed by atoms with E-state index in [-0.39, 0.29) is 9.92 Å². The minimum absolute atomic E-state index is 0.0483. The minimum atomic E-state index is -3.68. The molecule has 0 saturated carbocycles. The van der Waals surface area contributed by atoms with Crippen molar-refractivity contribution in [2.75, 3.05) is 26.2 Å². The number of piperazine rings is 1. The van der Waals surface area contributed by atoms with Gasteiger partial charge in [0.15, 0.2) is 5.76 Å². The summed E-state index contributed by atoms with van der Waals surface area (Å²) in [6.45, 7) is 2.56. The van der Waals surface area contributed by atoms with E-state index < -0.39 is 10.0 Å². The number of sulfonamides is 1. The maximum atomic E-state index is 12.9. The van der Waals surface area contributed by atoms with E-state index >= 15 is 0 Å². The van der Waals surface area contributed by atoms with E-state index in [2.05, 4.69) is 10.1 Å². The average Bonchev–Trinajstić information content (AvgIpc) is 3.36. The lowest BCUT2D eigenvalue weighted by Gasteiger charge is -2.33. The Morgan fingerprint density at radius 2 is 1.89 bits per heavy atom. The summed E-state index contributed by atoms with van der Waals surface area (Å²) in [5, 5.41) is 6.64. The molecule has 1 fully saturated rings. The molecule has 0 aliphatic carbocycles. The standard InChI is InChI=1S/C18H17Cl2N3O3S2/c19-13-3-4-15(20)18(10-13)28(24,25)23-7-5-22(6-8-23)12-14-11-16(26-21-14)17-2-1-9-27-17/h1-4,9-11H,5-8,12H2. The largest absolute Gasteiger partial charge is 0.355 e. The highest BCUT2D eigenvalue weighted by molar-refractivity contribution is 7.89. The quantitative estimate of drug-likeness (QED) is 0.573. The van der Waals surface area contributed by atoms with Gasteiger partial charge in [-0.2, -0.15) is 4.31 Å². The van der Waals surface area contributed by atoms with Crippen LogP contribution in [0.2, 0.25) is 10.0 Å². The van der Waals surface area contributed by atoms with Crippen molar-refractivity contribution in [2.24, 2.45) is 0 Å². The van der Waals surface area contributed by atoms with Crippen molar-refractivity contribution in [1.82, 2.24) is 14.4 Å². The van der Waals surface area contributed by atoms with Crippen LogP contribution in [0.15, 0.2) is 51.2 Å². The second-order valence-corrected chi connectivity index (χ2v) is 10.1. The first-order chi connectivity index (χ1) is 13.4. The van der Waals surface area contributed by atoms with Crippen molar-refractivity contribution in [2.45, 2.75) is 11.4 Å². The van der Waals surface area contributed by atoms with Gasteiger partial charge in [-0.15, -0.1) is 11.3 Å². The molecule has 0 bridgehead atoms. The molecule has 3 heterocycles. The zero-order chi connectivity index (χ0) is 19.7. The lowest BCUT2D eigenvalue weighted by Crippen LogP contribution is -2.48. The monoisotopic (exact) mass is 457 g/mol. The highest BCUT2D eigenvalue weighted by atomic mass is 35.5. The number of hydrogen-bond acceptors (Lipinski definition) is 6. The Bertz CT molecular complexity index is 1060. The van der Waals surface area contributed by atoms with E-state index in [0.29, 0.717) is 37.7 Å². The first-order valence-electron chi connectivity index (χ1n) is 8.60. The second-order valence-electron chi connectivity index (χ2n) is 6.41. The van der Waals surface area contributed by atoms with E-state index in [4.69, 9.17) is 27.7 Å². The predicted molar refractivity (Wildman–Crippen MR) is 110 cm³/mol. The van der Waals surface area contributed by atoms with Crippen LogP contribution in [-0.4, -0.2) is 49.0 Å². The van der Waals surface area contributed by atoms with Crippen LogP contribution >= 0.6 is 34.5 Å². The fraction of sp³-hybridized carbons (Fsp3) is 0.278. The zero-order valence-corrected chi connectivity index (χ0v) is 17.9. The van der Waals surface area contributed by atoms with Gasteiger partial charge >= 0.3 is 0 Å². The fourth-order valence-corrected chi connectivity index (χ4v) is 5.92. The van der Waals surface area contributed by atoms with Gasteiger partial charge in [-0.05, 0) is 29.6 Å². The molecule has 28 heavy (non-hydrogen) atoms. The number of aromatic nitrogens is 1. The summed E-state index contributed by atoms with van der Waals surface area (Å²) in [7, 11) is -3.68. The fourth-order valence-electron chi connectivity index (χ4n) is 3.09. The summed E-state index contributed by atoms with van der Waals surface area (Å²) in [6, 6.07) is 10.4. The zero-order valence-electron chi connectivity index (χ0n) is 14.7. The number of hydrogen-bond donors (Lipinski definition) is 0. The lowest BCUT2D eigenvalue weighted by molar-refractivity contribution is 0.178. The first kappa shape index (κ1) is 19.9. The van der Waals surface area contributed by atoms with Crippen molar-refractivity contribution in [3.63, 3.8) is 0 Å². The van der Waals surface area contributed by atoms with Crippen LogP contribution in [0.4, 0.5) is 0 Å². The molecular formula is C18H17Cl2N3O3S2. The Labute approximate surface area is 177 Å². The topological polar surface area (TPSA) is 66.7 Å². The molecule has 0 amide bonds. The van der Waals surface area contributed by atoms with Crippen molar-refractivity contribution in [3.05, 3.63) is 57.5 Å². The van der Waals surface area contributed by atoms with E-state index in [9.17, 15) is 8.42 Å². The van der Waals surface area contributed by atoms with E-state index in [1.165, 1.54) is 16.4 Å².